The molecule has 2 aromatic rings. The van der Waals surface area contributed by atoms with Gasteiger partial charge in [-0.25, -0.2) is 9.59 Å². The van der Waals surface area contributed by atoms with E-state index < -0.39 is 24.3 Å². The van der Waals surface area contributed by atoms with E-state index in [0.717, 1.165) is 30.4 Å². The summed E-state index contributed by atoms with van der Waals surface area (Å²) in [7, 11) is 3.71. The van der Waals surface area contributed by atoms with Crippen molar-refractivity contribution in [3.63, 3.8) is 0 Å². The van der Waals surface area contributed by atoms with Crippen LogP contribution in [0.1, 0.15) is 17.2 Å². The van der Waals surface area contributed by atoms with E-state index in [-0.39, 0.29) is 0 Å². The summed E-state index contributed by atoms with van der Waals surface area (Å²) in [5.74, 6) is -4.35. The molecule has 0 bridgehead atoms. The van der Waals surface area contributed by atoms with E-state index in [0.29, 0.717) is 19.1 Å². The summed E-state index contributed by atoms with van der Waals surface area (Å²) in [6, 6.07) is 7.47. The van der Waals surface area contributed by atoms with Crippen molar-refractivity contribution in [1.82, 2.24) is 14.7 Å². The molecule has 9 nitrogen and oxygen atoms in total. The van der Waals surface area contributed by atoms with Gasteiger partial charge in [0, 0.05) is 56.5 Å². The van der Waals surface area contributed by atoms with Crippen molar-refractivity contribution in [2.75, 3.05) is 33.4 Å². The Morgan fingerprint density at radius 2 is 1.59 bits per heavy atom. The summed E-state index contributed by atoms with van der Waals surface area (Å²) in [5, 5.41) is 19.6. The van der Waals surface area contributed by atoms with Crippen molar-refractivity contribution >= 4 is 23.5 Å². The average molecular weight is 564 g/mol. The van der Waals surface area contributed by atoms with E-state index in [9.17, 15) is 26.3 Å². The number of aryl methyl sites for hydroxylation is 1. The quantitative estimate of drug-likeness (QED) is 0.508. The van der Waals surface area contributed by atoms with Gasteiger partial charge in [0.1, 0.15) is 12.4 Å². The van der Waals surface area contributed by atoms with Crippen molar-refractivity contribution in [2.45, 2.75) is 24.8 Å². The second kappa shape index (κ2) is 14.0. The zero-order valence-corrected chi connectivity index (χ0v) is 20.3. The Hall–Kier alpha value is -3.04. The first-order chi connectivity index (χ1) is 17.0. The van der Waals surface area contributed by atoms with Crippen LogP contribution >= 0.6 is 11.6 Å². The number of aliphatic carboxylic acids is 2. The van der Waals surface area contributed by atoms with Gasteiger partial charge in [0.25, 0.3) is 0 Å². The molecule has 1 aromatic heterocycles. The number of carboxylic acid groups (broad SMARTS) is 2. The summed E-state index contributed by atoms with van der Waals surface area (Å²) >= 11 is 5.88. The maximum Gasteiger partial charge on any atom is 0.490 e. The molecule has 37 heavy (non-hydrogen) atoms. The molecule has 16 heteroatoms. The van der Waals surface area contributed by atoms with Gasteiger partial charge < -0.3 is 19.7 Å². The van der Waals surface area contributed by atoms with Gasteiger partial charge in [-0.1, -0.05) is 11.6 Å². The maximum absolute atomic E-state index is 10.6. The molecule has 1 aromatic carbocycles. The highest BCUT2D eigenvalue weighted by Crippen LogP contribution is 2.27. The van der Waals surface area contributed by atoms with Crippen LogP contribution < -0.4 is 4.74 Å². The zero-order chi connectivity index (χ0) is 28.4. The van der Waals surface area contributed by atoms with Crippen molar-refractivity contribution in [3.8, 4) is 5.75 Å². The number of benzene rings is 1. The SMILES string of the molecule is COCC1CN(CCOc2ccc(Cl)cc2)Cc2cn(C)nc21.O=C(O)C(F)(F)F.O=C(O)C(F)(F)F. The smallest absolute Gasteiger partial charge is 0.490 e. The van der Waals surface area contributed by atoms with Gasteiger partial charge in [-0.3, -0.25) is 9.58 Å². The van der Waals surface area contributed by atoms with E-state index in [1.54, 1.807) is 7.11 Å². The molecule has 1 aliphatic rings. The van der Waals surface area contributed by atoms with Gasteiger partial charge in [-0.15, -0.1) is 0 Å². The predicted octanol–water partition coefficient (Wildman–Crippen LogP) is 3.96. The minimum atomic E-state index is -5.08. The van der Waals surface area contributed by atoms with Crippen LogP contribution in [0.4, 0.5) is 26.3 Å². The number of aromatic nitrogens is 2. The fraction of sp³-hybridized carbons (Fsp3) is 0.476. The highest BCUT2D eigenvalue weighted by atomic mass is 35.5. The number of alkyl halides is 6. The number of hydrogen-bond acceptors (Lipinski definition) is 6. The number of fused-ring (bicyclic) bond motifs is 1. The topological polar surface area (TPSA) is 114 Å². The standard InChI is InChI=1S/C17H22ClN3O2.2C2HF3O2/c1-20-9-13-10-21(11-14(12-22-2)17(13)19-20)7-8-23-16-5-3-15(18)4-6-16;2*3-2(4,5)1(6)7/h3-6,9,14H,7-8,10-12H2,1-2H3;2*(H,6,7). The van der Waals surface area contributed by atoms with Crippen molar-refractivity contribution in [2.24, 2.45) is 7.05 Å². The molecule has 1 aliphatic heterocycles. The van der Waals surface area contributed by atoms with E-state index in [1.807, 2.05) is 36.0 Å². The first-order valence-corrected chi connectivity index (χ1v) is 10.6. The normalized spacial score (nSPS) is 15.4. The lowest BCUT2D eigenvalue weighted by molar-refractivity contribution is -0.193. The second-order valence-corrected chi connectivity index (χ2v) is 7.95. The lowest BCUT2D eigenvalue weighted by Gasteiger charge is -2.31. The lowest BCUT2D eigenvalue weighted by atomic mass is 9.97. The molecule has 0 saturated carbocycles. The van der Waals surface area contributed by atoms with Gasteiger partial charge in [0.15, 0.2) is 0 Å². The van der Waals surface area contributed by atoms with Crippen molar-refractivity contribution < 1.29 is 55.6 Å². The molecule has 0 aliphatic carbocycles. The third-order valence-corrected chi connectivity index (χ3v) is 4.79. The number of methoxy groups -OCH3 is 1. The largest absolute Gasteiger partial charge is 0.492 e. The number of rotatable bonds is 6. The fourth-order valence-electron chi connectivity index (χ4n) is 3.05. The van der Waals surface area contributed by atoms with E-state index in [2.05, 4.69) is 16.2 Å². The molecule has 3 rings (SSSR count). The van der Waals surface area contributed by atoms with Crippen LogP contribution in [0.2, 0.25) is 5.02 Å². The molecular formula is C21H24ClF6N3O6. The van der Waals surface area contributed by atoms with Crippen molar-refractivity contribution in [3.05, 3.63) is 46.7 Å². The summed E-state index contributed by atoms with van der Waals surface area (Å²) in [4.78, 5) is 20.2. The monoisotopic (exact) mass is 563 g/mol. The number of carbonyl (C=O) groups is 2. The molecule has 2 N–H and O–H groups in total. The predicted molar refractivity (Wildman–Crippen MR) is 117 cm³/mol. The first-order valence-electron chi connectivity index (χ1n) is 10.3. The lowest BCUT2D eigenvalue weighted by Crippen LogP contribution is -2.37. The Labute approximate surface area is 212 Å². The molecule has 0 fully saturated rings. The first kappa shape index (κ1) is 32.0. The molecule has 0 spiro atoms. The Morgan fingerprint density at radius 1 is 1.08 bits per heavy atom. The van der Waals surface area contributed by atoms with Gasteiger partial charge >= 0.3 is 24.3 Å². The third-order valence-electron chi connectivity index (χ3n) is 4.54. The molecule has 0 radical (unpaired) electrons. The molecular weight excluding hydrogens is 540 g/mol. The summed E-state index contributed by atoms with van der Waals surface area (Å²) < 4.78 is 76.5. The van der Waals surface area contributed by atoms with Gasteiger partial charge in [-0.05, 0) is 24.3 Å². The Bertz CT molecular complexity index is 990. The summed E-state index contributed by atoms with van der Waals surface area (Å²) in [6.45, 7) is 4.07. The highest BCUT2D eigenvalue weighted by Gasteiger charge is 2.38. The number of ether oxygens (including phenoxy) is 2. The number of hydrogen-bond donors (Lipinski definition) is 2. The highest BCUT2D eigenvalue weighted by molar-refractivity contribution is 6.30. The average Bonchev–Trinajstić information content (AvgIpc) is 3.15. The Kier molecular flexibility index (Phi) is 12.1. The second-order valence-electron chi connectivity index (χ2n) is 7.51. The summed E-state index contributed by atoms with van der Waals surface area (Å²) in [5.41, 5.74) is 2.46. The van der Waals surface area contributed by atoms with Crippen LogP contribution in [0.15, 0.2) is 30.5 Å². The molecule has 2 heterocycles. The number of halogens is 7. The third kappa shape index (κ3) is 11.7. The Morgan fingerprint density at radius 3 is 2.05 bits per heavy atom. The van der Waals surface area contributed by atoms with Crippen LogP contribution in [-0.4, -0.2) is 82.6 Å². The van der Waals surface area contributed by atoms with Crippen LogP contribution in [0.25, 0.3) is 0 Å². The molecule has 0 amide bonds. The van der Waals surface area contributed by atoms with Crippen LogP contribution in [0, 0.1) is 0 Å². The van der Waals surface area contributed by atoms with Crippen LogP contribution in [0.3, 0.4) is 0 Å². The zero-order valence-electron chi connectivity index (χ0n) is 19.5. The van der Waals surface area contributed by atoms with Gasteiger partial charge in [0.05, 0.1) is 12.3 Å². The van der Waals surface area contributed by atoms with Crippen LogP contribution in [0.5, 0.6) is 5.75 Å². The number of carboxylic acids is 2. The minimum Gasteiger partial charge on any atom is -0.492 e. The molecule has 1 unspecified atom stereocenters. The van der Waals surface area contributed by atoms with Gasteiger partial charge in [-0.2, -0.15) is 31.4 Å². The van der Waals surface area contributed by atoms with Crippen LogP contribution in [-0.2, 0) is 27.9 Å². The van der Waals surface area contributed by atoms with E-state index in [1.165, 1.54) is 11.3 Å². The molecule has 208 valence electrons. The minimum absolute atomic E-state index is 0.320. The summed E-state index contributed by atoms with van der Waals surface area (Å²) in [6.07, 6.45) is -8.07. The van der Waals surface area contributed by atoms with E-state index in [4.69, 9.17) is 40.9 Å². The Balaban J connectivity index is 0.000000404. The fourth-order valence-corrected chi connectivity index (χ4v) is 3.18. The molecule has 0 saturated heterocycles. The number of nitrogens with zero attached hydrogens (tertiary/aromatic N) is 3. The van der Waals surface area contributed by atoms with Gasteiger partial charge in [0.2, 0.25) is 0 Å². The van der Waals surface area contributed by atoms with Crippen molar-refractivity contribution in [1.29, 1.82) is 0 Å². The molecule has 1 atom stereocenters. The maximum atomic E-state index is 10.6. The van der Waals surface area contributed by atoms with E-state index >= 15 is 0 Å².